The summed E-state index contributed by atoms with van der Waals surface area (Å²) in [5.74, 6) is 0.129. The number of nitrogens with zero attached hydrogens (tertiary/aromatic N) is 3. The van der Waals surface area contributed by atoms with Crippen LogP contribution >= 0.6 is 23.2 Å². The Morgan fingerprint density at radius 3 is 2.64 bits per heavy atom. The molecule has 11 heteroatoms. The summed E-state index contributed by atoms with van der Waals surface area (Å²) < 4.78 is 22.3. The number of hydrogen-bond acceptors (Lipinski definition) is 8. The number of rotatable bonds is 8. The maximum Gasteiger partial charge on any atom is 0.320 e. The molecule has 0 aliphatic carbocycles. The van der Waals surface area contributed by atoms with E-state index in [0.717, 1.165) is 31.4 Å². The molecular weight excluding hydrogens is 507 g/mol. The van der Waals surface area contributed by atoms with Gasteiger partial charge < -0.3 is 29.2 Å². The van der Waals surface area contributed by atoms with Gasteiger partial charge in [0.1, 0.15) is 12.3 Å². The Morgan fingerprint density at radius 2 is 1.94 bits per heavy atom. The zero-order chi connectivity index (χ0) is 25.7. The van der Waals surface area contributed by atoms with Crippen LogP contribution in [0.2, 0.25) is 10.0 Å². The minimum Gasteiger partial charge on any atom is -0.472 e. The molecule has 0 radical (unpaired) electrons. The van der Waals surface area contributed by atoms with Crippen LogP contribution in [0, 0.1) is 6.92 Å². The lowest BCUT2D eigenvalue weighted by Gasteiger charge is -2.38. The minimum atomic E-state index is -0.160. The molecule has 1 amide bonds. The number of ether oxygens (including phenoxy) is 4. The van der Waals surface area contributed by atoms with E-state index in [2.05, 4.69) is 15.3 Å². The fraction of sp³-hybridized carbons (Fsp3) is 0.560. The third-order valence-corrected chi connectivity index (χ3v) is 7.40. The highest BCUT2D eigenvalue weighted by Gasteiger charge is 2.31. The first-order valence-electron chi connectivity index (χ1n) is 12.0. The van der Waals surface area contributed by atoms with Crippen molar-refractivity contribution in [1.82, 2.24) is 20.2 Å². The lowest BCUT2D eigenvalue weighted by Crippen LogP contribution is -2.54. The summed E-state index contributed by atoms with van der Waals surface area (Å²) in [5, 5.41) is 4.62. The van der Waals surface area contributed by atoms with E-state index in [1.54, 1.807) is 26.2 Å². The van der Waals surface area contributed by atoms with Crippen molar-refractivity contribution < 1.29 is 23.7 Å². The highest BCUT2D eigenvalue weighted by molar-refractivity contribution is 6.42. The Kier molecular flexibility index (Phi) is 9.25. The minimum absolute atomic E-state index is 0.0527. The first-order chi connectivity index (χ1) is 17.4. The van der Waals surface area contributed by atoms with Gasteiger partial charge in [-0.25, -0.2) is 0 Å². The zero-order valence-electron chi connectivity index (χ0n) is 20.8. The fourth-order valence-electron chi connectivity index (χ4n) is 4.53. The second-order valence-corrected chi connectivity index (χ2v) is 9.82. The van der Waals surface area contributed by atoms with E-state index in [1.807, 2.05) is 11.0 Å². The maximum absolute atomic E-state index is 13.4. The summed E-state index contributed by atoms with van der Waals surface area (Å²) in [6, 6.07) is 5.93. The average molecular weight is 539 g/mol. The third-order valence-electron chi connectivity index (χ3n) is 6.66. The van der Waals surface area contributed by atoms with E-state index < -0.39 is 0 Å². The van der Waals surface area contributed by atoms with Gasteiger partial charge in [-0.05, 0) is 43.9 Å². The molecule has 2 aliphatic heterocycles. The molecule has 4 rings (SSSR count). The quantitative estimate of drug-likeness (QED) is 0.543. The molecule has 2 saturated heterocycles. The predicted octanol–water partition coefficient (Wildman–Crippen LogP) is 3.68. The topological polar surface area (TPSA) is 95.0 Å². The Morgan fingerprint density at radius 1 is 1.17 bits per heavy atom. The molecule has 0 unspecified atom stereocenters. The summed E-state index contributed by atoms with van der Waals surface area (Å²) in [5.41, 5.74) is 1.66. The molecule has 1 N–H and O–H groups in total. The van der Waals surface area contributed by atoms with Crippen molar-refractivity contribution >= 4 is 29.1 Å². The molecule has 3 heterocycles. The number of aromatic nitrogens is 2. The number of likely N-dealkylation sites (tertiary alicyclic amines) is 1. The van der Waals surface area contributed by atoms with Crippen LogP contribution in [0.3, 0.4) is 0 Å². The van der Waals surface area contributed by atoms with Crippen molar-refractivity contribution in [2.45, 2.75) is 51.0 Å². The molecule has 36 heavy (non-hydrogen) atoms. The second-order valence-electron chi connectivity index (χ2n) is 9.00. The lowest BCUT2D eigenvalue weighted by molar-refractivity contribution is -0.0533. The SMILES string of the molecule is COc1nc(OCc2ccc(Cl)c(Cl)c2)c(C)c(C(=O)N2CCC(N[C@H]3CCOC[C@H]3OC)CC2)n1. The Hall–Kier alpha value is -2.17. The number of hydrogen-bond donors (Lipinski definition) is 1. The third kappa shape index (κ3) is 6.39. The summed E-state index contributed by atoms with van der Waals surface area (Å²) in [6.45, 7) is 4.58. The molecule has 196 valence electrons. The number of carbonyl (C=O) groups excluding carboxylic acids is 1. The number of amides is 1. The summed E-state index contributed by atoms with van der Waals surface area (Å²) in [4.78, 5) is 23.9. The van der Waals surface area contributed by atoms with Gasteiger partial charge in [0.05, 0.1) is 29.9 Å². The van der Waals surface area contributed by atoms with Gasteiger partial charge in [0.2, 0.25) is 5.88 Å². The van der Waals surface area contributed by atoms with Crippen LogP contribution in [0.4, 0.5) is 0 Å². The van der Waals surface area contributed by atoms with Crippen LogP contribution in [0.5, 0.6) is 11.9 Å². The van der Waals surface area contributed by atoms with Gasteiger partial charge in [0.25, 0.3) is 5.91 Å². The van der Waals surface area contributed by atoms with E-state index in [0.29, 0.717) is 41.3 Å². The molecule has 0 spiro atoms. The highest BCUT2D eigenvalue weighted by atomic mass is 35.5. The smallest absolute Gasteiger partial charge is 0.320 e. The van der Waals surface area contributed by atoms with Crippen LogP contribution in [0.15, 0.2) is 18.2 Å². The molecular formula is C25H32Cl2N4O5. The van der Waals surface area contributed by atoms with Gasteiger partial charge in [0, 0.05) is 44.5 Å². The molecule has 2 aliphatic rings. The normalized spacial score (nSPS) is 20.9. The van der Waals surface area contributed by atoms with Crippen LogP contribution in [-0.2, 0) is 16.1 Å². The van der Waals surface area contributed by atoms with Gasteiger partial charge in [-0.2, -0.15) is 9.97 Å². The lowest BCUT2D eigenvalue weighted by atomic mass is 9.99. The van der Waals surface area contributed by atoms with Crippen molar-refractivity contribution in [3.05, 3.63) is 45.1 Å². The van der Waals surface area contributed by atoms with Gasteiger partial charge in [-0.15, -0.1) is 0 Å². The van der Waals surface area contributed by atoms with E-state index in [-0.39, 0.29) is 42.2 Å². The predicted molar refractivity (Wildman–Crippen MR) is 136 cm³/mol. The molecule has 0 saturated carbocycles. The van der Waals surface area contributed by atoms with Crippen LogP contribution < -0.4 is 14.8 Å². The number of methoxy groups -OCH3 is 2. The monoisotopic (exact) mass is 538 g/mol. The fourth-order valence-corrected chi connectivity index (χ4v) is 4.85. The first kappa shape index (κ1) is 26.9. The largest absolute Gasteiger partial charge is 0.472 e. The summed E-state index contributed by atoms with van der Waals surface area (Å²) in [6.07, 6.45) is 2.67. The molecule has 9 nitrogen and oxygen atoms in total. The molecule has 2 fully saturated rings. The van der Waals surface area contributed by atoms with E-state index in [1.165, 1.54) is 7.11 Å². The number of benzene rings is 1. The molecule has 0 bridgehead atoms. The molecule has 2 atom stereocenters. The second kappa shape index (κ2) is 12.4. The number of nitrogens with one attached hydrogen (secondary N) is 1. The van der Waals surface area contributed by atoms with Crippen LogP contribution in [0.1, 0.15) is 40.9 Å². The van der Waals surface area contributed by atoms with Crippen molar-refractivity contribution in [3.8, 4) is 11.9 Å². The van der Waals surface area contributed by atoms with Gasteiger partial charge >= 0.3 is 6.01 Å². The van der Waals surface area contributed by atoms with Gasteiger partial charge in [-0.1, -0.05) is 29.3 Å². The Labute approximate surface area is 221 Å². The van der Waals surface area contributed by atoms with Crippen molar-refractivity contribution in [1.29, 1.82) is 0 Å². The standard InChI is InChI=1S/C25H32Cl2N4O5/c1-15-22(29-25(34-3)30-23(15)36-13-16-4-5-18(26)19(27)12-16)24(32)31-9-6-17(7-10-31)28-20-8-11-35-14-21(20)33-2/h4-5,12,17,20-21,28H,6-11,13-14H2,1-3H3/t20-,21+/m0/s1. The first-order valence-corrected chi connectivity index (χ1v) is 12.8. The number of piperidine rings is 1. The van der Waals surface area contributed by atoms with Crippen LogP contribution in [-0.4, -0.2) is 79.5 Å². The van der Waals surface area contributed by atoms with Crippen LogP contribution in [0.25, 0.3) is 0 Å². The average Bonchev–Trinajstić information content (AvgIpc) is 2.90. The number of halogens is 2. The Bertz CT molecular complexity index is 1060. The molecule has 1 aromatic heterocycles. The molecule has 1 aromatic carbocycles. The van der Waals surface area contributed by atoms with E-state index >= 15 is 0 Å². The van der Waals surface area contributed by atoms with E-state index in [4.69, 9.17) is 42.1 Å². The summed E-state index contributed by atoms with van der Waals surface area (Å²) >= 11 is 12.1. The van der Waals surface area contributed by atoms with Gasteiger partial charge in [-0.3, -0.25) is 4.79 Å². The highest BCUT2D eigenvalue weighted by Crippen LogP contribution is 2.27. The zero-order valence-corrected chi connectivity index (χ0v) is 22.3. The molecule has 2 aromatic rings. The maximum atomic E-state index is 13.4. The number of carbonyl (C=O) groups is 1. The summed E-state index contributed by atoms with van der Waals surface area (Å²) in [7, 11) is 3.18. The van der Waals surface area contributed by atoms with Crippen molar-refractivity contribution in [2.75, 3.05) is 40.5 Å². The van der Waals surface area contributed by atoms with Crippen molar-refractivity contribution in [3.63, 3.8) is 0 Å². The van der Waals surface area contributed by atoms with Crippen molar-refractivity contribution in [2.24, 2.45) is 0 Å². The van der Waals surface area contributed by atoms with Gasteiger partial charge in [0.15, 0.2) is 0 Å². The van der Waals surface area contributed by atoms with E-state index in [9.17, 15) is 4.79 Å². The Balaban J connectivity index is 1.40.